The van der Waals surface area contributed by atoms with Crippen LogP contribution in [0.5, 0.6) is 11.5 Å². The van der Waals surface area contributed by atoms with Crippen LogP contribution in [0.15, 0.2) is 12.1 Å². The topological polar surface area (TPSA) is 73.9 Å². The first-order chi connectivity index (χ1) is 11.5. The molecule has 1 atom stereocenters. The second-order valence-electron chi connectivity index (χ2n) is 5.67. The van der Waals surface area contributed by atoms with Crippen LogP contribution >= 0.6 is 11.6 Å². The van der Waals surface area contributed by atoms with Gasteiger partial charge in [-0.2, -0.15) is 0 Å². The van der Waals surface area contributed by atoms with Crippen molar-refractivity contribution >= 4 is 23.5 Å². The van der Waals surface area contributed by atoms with Crippen LogP contribution in [0, 0.1) is 0 Å². The van der Waals surface area contributed by atoms with Crippen LogP contribution in [0.3, 0.4) is 0 Å². The number of ether oxygens (including phenoxy) is 3. The molecule has 0 bridgehead atoms. The lowest BCUT2D eigenvalue weighted by Crippen LogP contribution is -2.37. The molecule has 0 radical (unpaired) electrons. The Balaban J connectivity index is 2.07. The van der Waals surface area contributed by atoms with Crippen molar-refractivity contribution < 1.29 is 23.8 Å². The van der Waals surface area contributed by atoms with Crippen LogP contribution in [0.25, 0.3) is 0 Å². The van der Waals surface area contributed by atoms with Crippen LogP contribution in [0.1, 0.15) is 43.5 Å². The summed E-state index contributed by atoms with van der Waals surface area (Å²) in [6, 6.07) is 3.15. The summed E-state index contributed by atoms with van der Waals surface area (Å²) in [5.41, 5.74) is 0.201. The zero-order valence-corrected chi connectivity index (χ0v) is 14.8. The van der Waals surface area contributed by atoms with E-state index in [0.29, 0.717) is 18.1 Å². The summed E-state index contributed by atoms with van der Waals surface area (Å²) in [7, 11) is 1.46. The molecular formula is C17H22ClNO5. The highest BCUT2D eigenvalue weighted by Crippen LogP contribution is 2.36. The summed E-state index contributed by atoms with van der Waals surface area (Å²) in [4.78, 5) is 24.1. The average Bonchev–Trinajstić information content (AvgIpc) is 3.36. The normalized spacial score (nSPS) is 14.7. The third-order valence-corrected chi connectivity index (χ3v) is 3.77. The van der Waals surface area contributed by atoms with E-state index in [-0.39, 0.29) is 22.5 Å². The van der Waals surface area contributed by atoms with Gasteiger partial charge in [-0.05, 0) is 38.3 Å². The third kappa shape index (κ3) is 4.77. The largest absolute Gasteiger partial charge is 0.493 e. The number of rotatable bonds is 8. The molecule has 6 nitrogen and oxygen atoms in total. The number of carbonyl (C=O) groups is 2. The predicted molar refractivity (Wildman–Crippen MR) is 89.8 cm³/mol. The van der Waals surface area contributed by atoms with E-state index in [0.717, 1.165) is 19.3 Å². The first-order valence-electron chi connectivity index (χ1n) is 7.98. The summed E-state index contributed by atoms with van der Waals surface area (Å²) in [6.45, 7) is 3.99. The Kier molecular flexibility index (Phi) is 6.31. The van der Waals surface area contributed by atoms with Gasteiger partial charge in [-0.25, -0.2) is 4.79 Å². The van der Waals surface area contributed by atoms with Crippen molar-refractivity contribution in [2.24, 2.45) is 0 Å². The summed E-state index contributed by atoms with van der Waals surface area (Å²) in [6.07, 6.45) is 1.88. The van der Waals surface area contributed by atoms with Crippen LogP contribution in [0.2, 0.25) is 5.02 Å². The monoisotopic (exact) mass is 355 g/mol. The van der Waals surface area contributed by atoms with Crippen molar-refractivity contribution in [1.29, 1.82) is 0 Å². The minimum absolute atomic E-state index is 0.201. The number of nitrogens with one attached hydrogen (secondary N) is 1. The molecule has 1 aliphatic carbocycles. The average molecular weight is 356 g/mol. The Labute approximate surface area is 146 Å². The molecule has 132 valence electrons. The number of benzene rings is 1. The number of carbonyl (C=O) groups excluding carboxylic acids is 2. The van der Waals surface area contributed by atoms with Gasteiger partial charge in [0.1, 0.15) is 0 Å². The fourth-order valence-electron chi connectivity index (χ4n) is 2.01. The molecule has 1 aliphatic rings. The Hall–Kier alpha value is -1.95. The molecular weight excluding hydrogens is 334 g/mol. The van der Waals surface area contributed by atoms with Gasteiger partial charge in [-0.15, -0.1) is 0 Å². The van der Waals surface area contributed by atoms with Gasteiger partial charge in [0.25, 0.3) is 5.91 Å². The quantitative estimate of drug-likeness (QED) is 0.726. The third-order valence-electron chi connectivity index (χ3n) is 3.49. The van der Waals surface area contributed by atoms with E-state index in [9.17, 15) is 9.59 Å². The molecule has 0 aliphatic heterocycles. The van der Waals surface area contributed by atoms with Crippen LogP contribution in [0.4, 0.5) is 0 Å². The maximum absolute atomic E-state index is 12.2. The molecule has 0 unspecified atom stereocenters. The van der Waals surface area contributed by atoms with E-state index in [4.69, 9.17) is 25.8 Å². The van der Waals surface area contributed by atoms with Gasteiger partial charge in [0, 0.05) is 6.04 Å². The maximum atomic E-state index is 12.2. The van der Waals surface area contributed by atoms with Crippen LogP contribution in [-0.2, 0) is 9.53 Å². The van der Waals surface area contributed by atoms with Crippen molar-refractivity contribution in [3.63, 3.8) is 0 Å². The summed E-state index contributed by atoms with van der Waals surface area (Å²) < 4.78 is 16.0. The fraction of sp³-hybridized carbons (Fsp3) is 0.529. The highest BCUT2D eigenvalue weighted by molar-refractivity contribution is 6.32. The standard InChI is InChI=1S/C17H22ClNO5/c1-4-7-23-15-13(18)8-11(9-14(15)22-3)17(21)24-10(2)16(20)19-12-5-6-12/h8-10,12H,4-7H2,1-3H3,(H,19,20)/t10-/m1/s1. The number of hydrogen-bond acceptors (Lipinski definition) is 5. The second-order valence-corrected chi connectivity index (χ2v) is 6.08. The molecule has 1 fully saturated rings. The molecule has 2 rings (SSSR count). The maximum Gasteiger partial charge on any atom is 0.339 e. The molecule has 1 saturated carbocycles. The number of halogens is 1. The first-order valence-corrected chi connectivity index (χ1v) is 8.35. The highest BCUT2D eigenvalue weighted by atomic mass is 35.5. The molecule has 0 saturated heterocycles. The van der Waals surface area contributed by atoms with Crippen molar-refractivity contribution in [2.75, 3.05) is 13.7 Å². The molecule has 0 heterocycles. The minimum Gasteiger partial charge on any atom is -0.493 e. The summed E-state index contributed by atoms with van der Waals surface area (Å²) in [5.74, 6) is -0.211. The smallest absolute Gasteiger partial charge is 0.339 e. The van der Waals surface area contributed by atoms with Gasteiger partial charge in [0.05, 0.1) is 24.3 Å². The van der Waals surface area contributed by atoms with Crippen molar-refractivity contribution in [2.45, 2.75) is 45.3 Å². The highest BCUT2D eigenvalue weighted by Gasteiger charge is 2.27. The molecule has 1 amide bonds. The fourth-order valence-corrected chi connectivity index (χ4v) is 2.28. The van der Waals surface area contributed by atoms with E-state index in [1.807, 2.05) is 6.92 Å². The van der Waals surface area contributed by atoms with E-state index in [2.05, 4.69) is 5.32 Å². The first kappa shape index (κ1) is 18.4. The molecule has 0 aromatic heterocycles. The van der Waals surface area contributed by atoms with Crippen molar-refractivity contribution in [3.05, 3.63) is 22.7 Å². The predicted octanol–water partition coefficient (Wildman–Crippen LogP) is 2.96. The van der Waals surface area contributed by atoms with Gasteiger partial charge in [-0.1, -0.05) is 18.5 Å². The van der Waals surface area contributed by atoms with E-state index in [1.54, 1.807) is 0 Å². The molecule has 7 heteroatoms. The molecule has 0 spiro atoms. The Morgan fingerprint density at radius 2 is 2.08 bits per heavy atom. The Morgan fingerprint density at radius 3 is 2.67 bits per heavy atom. The lowest BCUT2D eigenvalue weighted by atomic mass is 10.2. The Bertz CT molecular complexity index is 615. The summed E-state index contributed by atoms with van der Waals surface area (Å²) in [5, 5.41) is 3.04. The molecule has 1 aromatic rings. The van der Waals surface area contributed by atoms with Crippen LogP contribution in [-0.4, -0.2) is 37.7 Å². The van der Waals surface area contributed by atoms with Gasteiger partial charge in [-0.3, -0.25) is 4.79 Å². The zero-order chi connectivity index (χ0) is 17.7. The van der Waals surface area contributed by atoms with Gasteiger partial charge in [0.15, 0.2) is 17.6 Å². The van der Waals surface area contributed by atoms with Crippen molar-refractivity contribution in [3.8, 4) is 11.5 Å². The second kappa shape index (κ2) is 8.24. The lowest BCUT2D eigenvalue weighted by molar-refractivity contribution is -0.129. The molecule has 24 heavy (non-hydrogen) atoms. The van der Waals surface area contributed by atoms with E-state index >= 15 is 0 Å². The van der Waals surface area contributed by atoms with Gasteiger partial charge in [0.2, 0.25) is 0 Å². The minimum atomic E-state index is -0.876. The molecule has 1 N–H and O–H groups in total. The molecule has 1 aromatic carbocycles. The number of esters is 1. The zero-order valence-electron chi connectivity index (χ0n) is 14.1. The van der Waals surface area contributed by atoms with Crippen LogP contribution < -0.4 is 14.8 Å². The van der Waals surface area contributed by atoms with Gasteiger partial charge >= 0.3 is 5.97 Å². The number of amides is 1. The van der Waals surface area contributed by atoms with Gasteiger partial charge < -0.3 is 19.5 Å². The van der Waals surface area contributed by atoms with E-state index < -0.39 is 12.1 Å². The number of hydrogen-bond donors (Lipinski definition) is 1. The number of methoxy groups -OCH3 is 1. The van der Waals surface area contributed by atoms with Crippen molar-refractivity contribution in [1.82, 2.24) is 5.32 Å². The van der Waals surface area contributed by atoms with E-state index in [1.165, 1.54) is 26.2 Å². The summed E-state index contributed by atoms with van der Waals surface area (Å²) >= 11 is 6.18. The Morgan fingerprint density at radius 1 is 1.38 bits per heavy atom. The lowest BCUT2D eigenvalue weighted by Gasteiger charge is -2.15. The SMILES string of the molecule is CCCOc1c(Cl)cc(C(=O)O[C@H](C)C(=O)NC2CC2)cc1OC.